The van der Waals surface area contributed by atoms with Crippen molar-refractivity contribution in [2.75, 3.05) is 0 Å². The van der Waals surface area contributed by atoms with Crippen LogP contribution in [0.3, 0.4) is 0 Å². The van der Waals surface area contributed by atoms with E-state index < -0.39 is 11.1 Å². The molecular weight excluding hydrogens is 310 g/mol. The minimum atomic E-state index is -1.89. The quantitative estimate of drug-likeness (QED) is 0.875. The lowest BCUT2D eigenvalue weighted by Gasteiger charge is -2.12. The molecule has 5 heteroatoms. The van der Waals surface area contributed by atoms with Gasteiger partial charge in [0.2, 0.25) is 0 Å². The number of nitrogens with zero attached hydrogens (tertiary/aromatic N) is 1. The standard InChI is InChI=1S/C18H19NO3S/c1-10(20)12-4-13-5-14-8-19-18(11-2-3-11)7-16(14)17(9-23(21)22)15(13)6-12/h5,7-8,11-12H,2-4,6,9H2,1H3,(H,21,22). The van der Waals surface area contributed by atoms with Crippen molar-refractivity contribution in [3.63, 3.8) is 0 Å². The Hall–Kier alpha value is -1.59. The second-order valence-corrected chi connectivity index (χ2v) is 7.71. The molecule has 0 bridgehead atoms. The third kappa shape index (κ3) is 2.72. The van der Waals surface area contributed by atoms with Gasteiger partial charge in [-0.25, -0.2) is 4.21 Å². The number of Topliss-reactive ketones (excluding diaryl/α,β-unsaturated/α-hetero) is 1. The summed E-state index contributed by atoms with van der Waals surface area (Å²) in [6, 6.07) is 4.21. The normalized spacial score (nSPS) is 21.4. The Labute approximate surface area is 137 Å². The highest BCUT2D eigenvalue weighted by molar-refractivity contribution is 7.78. The Bertz CT molecular complexity index is 842. The number of carbonyl (C=O) groups excluding carboxylic acids is 1. The maximum absolute atomic E-state index is 11.8. The summed E-state index contributed by atoms with van der Waals surface area (Å²) < 4.78 is 20.9. The molecule has 120 valence electrons. The van der Waals surface area contributed by atoms with E-state index in [1.54, 1.807) is 6.92 Å². The van der Waals surface area contributed by atoms with Gasteiger partial charge >= 0.3 is 0 Å². The second kappa shape index (κ2) is 5.49. The van der Waals surface area contributed by atoms with Crippen LogP contribution >= 0.6 is 0 Å². The third-order valence-electron chi connectivity index (χ3n) is 5.12. The van der Waals surface area contributed by atoms with Crippen LogP contribution in [0.5, 0.6) is 0 Å². The van der Waals surface area contributed by atoms with Crippen molar-refractivity contribution in [3.05, 3.63) is 40.7 Å². The molecule has 4 rings (SSSR count). The van der Waals surface area contributed by atoms with Crippen molar-refractivity contribution in [1.82, 2.24) is 4.98 Å². The van der Waals surface area contributed by atoms with Crippen LogP contribution in [0.4, 0.5) is 0 Å². The molecule has 23 heavy (non-hydrogen) atoms. The van der Waals surface area contributed by atoms with Crippen molar-refractivity contribution in [2.24, 2.45) is 5.92 Å². The summed E-state index contributed by atoms with van der Waals surface area (Å²) >= 11 is -1.89. The van der Waals surface area contributed by atoms with Crippen LogP contribution < -0.4 is 0 Å². The van der Waals surface area contributed by atoms with E-state index in [0.717, 1.165) is 39.6 Å². The van der Waals surface area contributed by atoms with Gasteiger partial charge in [-0.15, -0.1) is 0 Å². The molecule has 1 aromatic carbocycles. The molecule has 1 N–H and O–H groups in total. The molecule has 2 atom stereocenters. The molecule has 2 aliphatic rings. The molecule has 1 aromatic heterocycles. The van der Waals surface area contributed by atoms with E-state index in [1.165, 1.54) is 12.8 Å². The Morgan fingerprint density at radius 1 is 1.35 bits per heavy atom. The average molecular weight is 329 g/mol. The van der Waals surface area contributed by atoms with Gasteiger partial charge in [0.25, 0.3) is 0 Å². The molecule has 0 saturated heterocycles. The molecule has 2 aromatic rings. The van der Waals surface area contributed by atoms with Gasteiger partial charge in [0.1, 0.15) is 5.78 Å². The molecular formula is C18H19NO3S. The van der Waals surface area contributed by atoms with Crippen LogP contribution in [0.15, 0.2) is 18.3 Å². The van der Waals surface area contributed by atoms with Crippen molar-refractivity contribution in [1.29, 1.82) is 0 Å². The summed E-state index contributed by atoms with van der Waals surface area (Å²) in [5.74, 6) is 0.866. The highest BCUT2D eigenvalue weighted by Gasteiger charge is 2.30. The summed E-state index contributed by atoms with van der Waals surface area (Å²) in [6.07, 6.45) is 5.66. The van der Waals surface area contributed by atoms with Gasteiger partial charge in [-0.3, -0.25) is 9.78 Å². The Morgan fingerprint density at radius 3 is 2.78 bits per heavy atom. The minimum Gasteiger partial charge on any atom is -0.306 e. The van der Waals surface area contributed by atoms with Crippen molar-refractivity contribution >= 4 is 27.6 Å². The van der Waals surface area contributed by atoms with Gasteiger partial charge in [0, 0.05) is 29.1 Å². The number of benzene rings is 1. The molecule has 0 amide bonds. The largest absolute Gasteiger partial charge is 0.306 e. The van der Waals surface area contributed by atoms with E-state index in [1.807, 2.05) is 6.20 Å². The molecule has 1 saturated carbocycles. The summed E-state index contributed by atoms with van der Waals surface area (Å²) in [5, 5.41) is 2.05. The predicted molar refractivity (Wildman–Crippen MR) is 89.8 cm³/mol. The lowest BCUT2D eigenvalue weighted by Crippen LogP contribution is -2.10. The van der Waals surface area contributed by atoms with E-state index in [4.69, 9.17) is 0 Å². The molecule has 2 unspecified atom stereocenters. The zero-order valence-corrected chi connectivity index (χ0v) is 13.9. The minimum absolute atomic E-state index is 0.00329. The highest BCUT2D eigenvalue weighted by Crippen LogP contribution is 2.41. The lowest BCUT2D eigenvalue weighted by atomic mass is 9.96. The van der Waals surface area contributed by atoms with Crippen LogP contribution in [-0.2, 0) is 34.5 Å². The smallest absolute Gasteiger partial charge is 0.157 e. The summed E-state index contributed by atoms with van der Waals surface area (Å²) in [5.41, 5.74) is 4.27. The first-order valence-corrected chi connectivity index (χ1v) is 9.31. The molecule has 0 radical (unpaired) electrons. The molecule has 4 nitrogen and oxygen atoms in total. The lowest BCUT2D eigenvalue weighted by molar-refractivity contribution is -0.120. The SMILES string of the molecule is CC(=O)C1Cc2cc3cnc(C4CC4)cc3c(CS(=O)O)c2C1. The predicted octanol–water partition coefficient (Wildman–Crippen LogP) is 3.14. The van der Waals surface area contributed by atoms with Gasteiger partial charge < -0.3 is 4.55 Å². The molecule has 0 spiro atoms. The third-order valence-corrected chi connectivity index (χ3v) is 5.65. The summed E-state index contributed by atoms with van der Waals surface area (Å²) in [4.78, 5) is 16.3. The van der Waals surface area contributed by atoms with Crippen molar-refractivity contribution < 1.29 is 13.6 Å². The van der Waals surface area contributed by atoms with Gasteiger partial charge in [-0.1, -0.05) is 0 Å². The molecule has 1 fully saturated rings. The molecule has 1 heterocycles. The van der Waals surface area contributed by atoms with E-state index >= 15 is 0 Å². The number of fused-ring (bicyclic) bond motifs is 2. The average Bonchev–Trinajstić information content (AvgIpc) is 3.25. The van der Waals surface area contributed by atoms with E-state index in [9.17, 15) is 13.6 Å². The molecule has 2 aliphatic carbocycles. The van der Waals surface area contributed by atoms with Crippen molar-refractivity contribution in [2.45, 2.75) is 44.3 Å². The second-order valence-electron chi connectivity index (χ2n) is 6.78. The maximum Gasteiger partial charge on any atom is 0.157 e. The first-order valence-electron chi connectivity index (χ1n) is 8.04. The van der Waals surface area contributed by atoms with Gasteiger partial charge in [-0.2, -0.15) is 0 Å². The zero-order valence-electron chi connectivity index (χ0n) is 13.0. The summed E-state index contributed by atoms with van der Waals surface area (Å²) in [6.45, 7) is 1.63. The fraction of sp³-hybridized carbons (Fsp3) is 0.444. The Morgan fingerprint density at radius 2 is 2.13 bits per heavy atom. The number of hydrogen-bond acceptors (Lipinski definition) is 3. The number of hydrogen-bond donors (Lipinski definition) is 1. The monoisotopic (exact) mass is 329 g/mol. The number of ketones is 1. The van der Waals surface area contributed by atoms with E-state index in [-0.39, 0.29) is 17.5 Å². The molecule has 0 aliphatic heterocycles. The van der Waals surface area contributed by atoms with Crippen molar-refractivity contribution in [3.8, 4) is 0 Å². The van der Waals surface area contributed by atoms with Crippen LogP contribution in [0, 0.1) is 5.92 Å². The van der Waals surface area contributed by atoms with E-state index in [0.29, 0.717) is 12.3 Å². The first kappa shape index (κ1) is 15.0. The van der Waals surface area contributed by atoms with Gasteiger partial charge in [-0.05, 0) is 66.8 Å². The Balaban J connectivity index is 1.90. The number of aromatic nitrogens is 1. The van der Waals surface area contributed by atoms with Gasteiger partial charge in [0.15, 0.2) is 11.1 Å². The topological polar surface area (TPSA) is 67.3 Å². The highest BCUT2D eigenvalue weighted by atomic mass is 32.2. The van der Waals surface area contributed by atoms with Gasteiger partial charge in [0.05, 0.1) is 5.75 Å². The zero-order chi connectivity index (χ0) is 16.1. The van der Waals surface area contributed by atoms with Crippen LogP contribution in [0.25, 0.3) is 10.8 Å². The number of carbonyl (C=O) groups is 1. The Kier molecular flexibility index (Phi) is 3.58. The van der Waals surface area contributed by atoms with Crippen LogP contribution in [0.2, 0.25) is 0 Å². The number of rotatable bonds is 4. The first-order chi connectivity index (χ1) is 11.0. The maximum atomic E-state index is 11.8. The number of pyridine rings is 1. The fourth-order valence-corrected chi connectivity index (χ4v) is 4.26. The van der Waals surface area contributed by atoms with Crippen LogP contribution in [-0.4, -0.2) is 19.5 Å². The summed E-state index contributed by atoms with van der Waals surface area (Å²) in [7, 11) is 0. The van der Waals surface area contributed by atoms with Crippen LogP contribution in [0.1, 0.15) is 48.1 Å². The van der Waals surface area contributed by atoms with E-state index in [2.05, 4.69) is 17.1 Å². The fourth-order valence-electron chi connectivity index (χ4n) is 3.69.